The maximum Gasteiger partial charge on any atom is 0.253 e. The van der Waals surface area contributed by atoms with Crippen molar-refractivity contribution in [2.24, 2.45) is 0 Å². The van der Waals surface area contributed by atoms with Crippen LogP contribution >= 0.6 is 0 Å². The summed E-state index contributed by atoms with van der Waals surface area (Å²) in [5, 5.41) is 5.96. The third-order valence-electron chi connectivity index (χ3n) is 4.60. The van der Waals surface area contributed by atoms with Gasteiger partial charge in [0.1, 0.15) is 0 Å². The predicted molar refractivity (Wildman–Crippen MR) is 96.3 cm³/mol. The van der Waals surface area contributed by atoms with E-state index in [1.807, 2.05) is 37.3 Å². The molecule has 1 aromatic heterocycles. The Morgan fingerprint density at radius 1 is 1.04 bits per heavy atom. The largest absolute Gasteiger partial charge is 0.349 e. The van der Waals surface area contributed by atoms with Gasteiger partial charge in [-0.1, -0.05) is 43.2 Å². The van der Waals surface area contributed by atoms with Gasteiger partial charge in [0.25, 0.3) is 11.8 Å². The second kappa shape index (κ2) is 7.92. The SMILES string of the molecule is CC(NC(=O)c1cncc(C(=O)NC2CCCC2)c1)c1ccccc1. The number of carbonyl (C=O) groups is 2. The molecule has 2 N–H and O–H groups in total. The van der Waals surface area contributed by atoms with Gasteiger partial charge in [-0.25, -0.2) is 0 Å². The fourth-order valence-corrected chi connectivity index (χ4v) is 3.13. The molecule has 3 rings (SSSR count). The lowest BCUT2D eigenvalue weighted by Crippen LogP contribution is -2.33. The Labute approximate surface area is 147 Å². The zero-order chi connectivity index (χ0) is 17.6. The zero-order valence-electron chi connectivity index (χ0n) is 14.4. The van der Waals surface area contributed by atoms with E-state index >= 15 is 0 Å². The van der Waals surface area contributed by atoms with Gasteiger partial charge in [-0.2, -0.15) is 0 Å². The first kappa shape index (κ1) is 17.1. The van der Waals surface area contributed by atoms with Crippen LogP contribution in [0.15, 0.2) is 48.8 Å². The van der Waals surface area contributed by atoms with Gasteiger partial charge in [0.05, 0.1) is 17.2 Å². The lowest BCUT2D eigenvalue weighted by Gasteiger charge is -2.15. The summed E-state index contributed by atoms with van der Waals surface area (Å²) in [6, 6.07) is 11.5. The highest BCUT2D eigenvalue weighted by atomic mass is 16.2. The van der Waals surface area contributed by atoms with Crippen LogP contribution in [-0.2, 0) is 0 Å². The number of carbonyl (C=O) groups excluding carboxylic acids is 2. The van der Waals surface area contributed by atoms with Crippen molar-refractivity contribution in [2.75, 3.05) is 0 Å². The fraction of sp³-hybridized carbons (Fsp3) is 0.350. The van der Waals surface area contributed by atoms with Crippen LogP contribution in [-0.4, -0.2) is 22.8 Å². The lowest BCUT2D eigenvalue weighted by molar-refractivity contribution is 0.0937. The van der Waals surface area contributed by atoms with E-state index in [9.17, 15) is 9.59 Å². The molecule has 1 unspecified atom stereocenters. The van der Waals surface area contributed by atoms with E-state index in [2.05, 4.69) is 15.6 Å². The molecule has 5 heteroatoms. The molecule has 1 saturated carbocycles. The molecule has 2 aromatic rings. The molecule has 1 heterocycles. The summed E-state index contributed by atoms with van der Waals surface area (Å²) in [5.41, 5.74) is 1.84. The van der Waals surface area contributed by atoms with Gasteiger partial charge >= 0.3 is 0 Å². The molecular weight excluding hydrogens is 314 g/mol. The van der Waals surface area contributed by atoms with E-state index < -0.39 is 0 Å². The lowest BCUT2D eigenvalue weighted by atomic mass is 10.1. The van der Waals surface area contributed by atoms with Crippen LogP contribution < -0.4 is 10.6 Å². The number of pyridine rings is 1. The number of rotatable bonds is 5. The minimum Gasteiger partial charge on any atom is -0.349 e. The van der Waals surface area contributed by atoms with E-state index in [1.54, 1.807) is 6.07 Å². The number of benzene rings is 1. The van der Waals surface area contributed by atoms with Crippen molar-refractivity contribution < 1.29 is 9.59 Å². The molecule has 0 spiro atoms. The highest BCUT2D eigenvalue weighted by molar-refractivity contribution is 5.99. The quantitative estimate of drug-likeness (QED) is 0.880. The summed E-state index contributed by atoms with van der Waals surface area (Å²) >= 11 is 0. The molecule has 5 nitrogen and oxygen atoms in total. The average molecular weight is 337 g/mol. The maximum atomic E-state index is 12.5. The minimum absolute atomic E-state index is 0.121. The summed E-state index contributed by atoms with van der Waals surface area (Å²) < 4.78 is 0. The van der Waals surface area contributed by atoms with Crippen LogP contribution in [0.1, 0.15) is 64.9 Å². The fourth-order valence-electron chi connectivity index (χ4n) is 3.13. The number of nitrogens with zero attached hydrogens (tertiary/aromatic N) is 1. The van der Waals surface area contributed by atoms with Gasteiger partial charge in [0, 0.05) is 18.4 Å². The predicted octanol–water partition coefficient (Wildman–Crippen LogP) is 3.25. The van der Waals surface area contributed by atoms with E-state index in [1.165, 1.54) is 12.4 Å². The van der Waals surface area contributed by atoms with Gasteiger partial charge in [0.15, 0.2) is 0 Å². The Kier molecular flexibility index (Phi) is 5.43. The first-order chi connectivity index (χ1) is 12.1. The molecular formula is C20H23N3O2. The van der Waals surface area contributed by atoms with Gasteiger partial charge in [0.2, 0.25) is 0 Å². The van der Waals surface area contributed by atoms with Crippen molar-refractivity contribution in [3.8, 4) is 0 Å². The highest BCUT2D eigenvalue weighted by Gasteiger charge is 2.19. The third kappa shape index (κ3) is 4.44. The summed E-state index contributed by atoms with van der Waals surface area (Å²) in [7, 11) is 0. The molecule has 25 heavy (non-hydrogen) atoms. The second-order valence-electron chi connectivity index (χ2n) is 6.52. The number of amides is 2. The molecule has 0 radical (unpaired) electrons. The number of hydrogen-bond donors (Lipinski definition) is 2. The van der Waals surface area contributed by atoms with Crippen molar-refractivity contribution in [1.29, 1.82) is 0 Å². The van der Waals surface area contributed by atoms with Crippen LogP contribution in [0.5, 0.6) is 0 Å². The molecule has 1 aliphatic carbocycles. The van der Waals surface area contributed by atoms with E-state index in [4.69, 9.17) is 0 Å². The van der Waals surface area contributed by atoms with Crippen LogP contribution in [0.25, 0.3) is 0 Å². The molecule has 1 fully saturated rings. The molecule has 1 atom stereocenters. The van der Waals surface area contributed by atoms with Crippen molar-refractivity contribution in [3.05, 3.63) is 65.5 Å². The minimum atomic E-state index is -0.237. The number of nitrogens with one attached hydrogen (secondary N) is 2. The van der Waals surface area contributed by atoms with Gasteiger partial charge in [-0.05, 0) is 31.4 Å². The molecule has 0 aliphatic heterocycles. The van der Waals surface area contributed by atoms with E-state index in [-0.39, 0.29) is 23.9 Å². The normalized spacial score (nSPS) is 15.6. The average Bonchev–Trinajstić information content (AvgIpc) is 3.15. The number of hydrogen-bond acceptors (Lipinski definition) is 3. The Morgan fingerprint density at radius 2 is 1.68 bits per heavy atom. The van der Waals surface area contributed by atoms with Crippen molar-refractivity contribution in [2.45, 2.75) is 44.7 Å². The van der Waals surface area contributed by atoms with Gasteiger partial charge in [-0.3, -0.25) is 14.6 Å². The van der Waals surface area contributed by atoms with Crippen LogP contribution in [0, 0.1) is 0 Å². The van der Waals surface area contributed by atoms with Gasteiger partial charge in [-0.15, -0.1) is 0 Å². The topological polar surface area (TPSA) is 71.1 Å². The van der Waals surface area contributed by atoms with Gasteiger partial charge < -0.3 is 10.6 Å². The standard InChI is InChI=1S/C20H23N3O2/c1-14(15-7-3-2-4-8-15)22-19(24)16-11-17(13-21-12-16)20(25)23-18-9-5-6-10-18/h2-4,7-8,11-14,18H,5-6,9-10H2,1H3,(H,22,24)(H,23,25). The Morgan fingerprint density at radius 3 is 2.36 bits per heavy atom. The third-order valence-corrected chi connectivity index (χ3v) is 4.60. The van der Waals surface area contributed by atoms with Crippen molar-refractivity contribution in [3.63, 3.8) is 0 Å². The summed E-state index contributed by atoms with van der Waals surface area (Å²) in [6.07, 6.45) is 7.34. The molecule has 2 amide bonds. The summed E-state index contributed by atoms with van der Waals surface area (Å²) in [5.74, 6) is -0.399. The Bertz CT molecular complexity index is 740. The molecule has 0 saturated heterocycles. The highest BCUT2D eigenvalue weighted by Crippen LogP contribution is 2.18. The van der Waals surface area contributed by atoms with Crippen molar-refractivity contribution >= 4 is 11.8 Å². The van der Waals surface area contributed by atoms with E-state index in [0.29, 0.717) is 11.1 Å². The Balaban J connectivity index is 1.65. The van der Waals surface area contributed by atoms with Crippen LogP contribution in [0.2, 0.25) is 0 Å². The zero-order valence-corrected chi connectivity index (χ0v) is 14.4. The molecule has 0 bridgehead atoms. The molecule has 1 aliphatic rings. The number of aromatic nitrogens is 1. The van der Waals surface area contributed by atoms with Crippen LogP contribution in [0.4, 0.5) is 0 Å². The first-order valence-electron chi connectivity index (χ1n) is 8.75. The second-order valence-corrected chi connectivity index (χ2v) is 6.52. The monoisotopic (exact) mass is 337 g/mol. The maximum absolute atomic E-state index is 12.5. The van der Waals surface area contributed by atoms with Crippen LogP contribution in [0.3, 0.4) is 0 Å². The first-order valence-corrected chi connectivity index (χ1v) is 8.75. The van der Waals surface area contributed by atoms with Crippen molar-refractivity contribution in [1.82, 2.24) is 15.6 Å². The molecule has 1 aromatic carbocycles. The smallest absolute Gasteiger partial charge is 0.253 e. The molecule has 130 valence electrons. The van der Waals surface area contributed by atoms with E-state index in [0.717, 1.165) is 31.2 Å². The Hall–Kier alpha value is -2.69. The summed E-state index contributed by atoms with van der Waals surface area (Å²) in [6.45, 7) is 1.93. The summed E-state index contributed by atoms with van der Waals surface area (Å²) in [4.78, 5) is 28.9.